The number of rotatable bonds is 5. The summed E-state index contributed by atoms with van der Waals surface area (Å²) in [6.45, 7) is 1.07. The minimum absolute atomic E-state index is 0.00571. The third-order valence-corrected chi connectivity index (χ3v) is 3.81. The zero-order valence-electron chi connectivity index (χ0n) is 13.7. The number of ether oxygens (including phenoxy) is 2. The molecule has 1 saturated heterocycles. The first-order chi connectivity index (χ1) is 12.2. The van der Waals surface area contributed by atoms with Gasteiger partial charge in [-0.05, 0) is 49.2 Å². The number of amides is 2. The molecule has 2 aromatic carbocycles. The summed E-state index contributed by atoms with van der Waals surface area (Å²) in [6, 6.07) is 16.2. The van der Waals surface area contributed by atoms with E-state index in [0.717, 1.165) is 18.6 Å². The second kappa shape index (κ2) is 8.30. The molecular formula is C19H20N2O4. The molecule has 2 amide bonds. The molecule has 0 spiro atoms. The lowest BCUT2D eigenvalue weighted by Crippen LogP contribution is -2.39. The van der Waals surface area contributed by atoms with Crippen LogP contribution in [-0.4, -0.2) is 31.1 Å². The van der Waals surface area contributed by atoms with Gasteiger partial charge < -0.3 is 20.1 Å². The summed E-state index contributed by atoms with van der Waals surface area (Å²) in [6.07, 6.45) is 1.90. The van der Waals surface area contributed by atoms with E-state index in [-0.39, 0.29) is 6.10 Å². The maximum atomic E-state index is 11.9. The van der Waals surface area contributed by atoms with Gasteiger partial charge in [0.15, 0.2) is 0 Å². The molecule has 1 fully saturated rings. The van der Waals surface area contributed by atoms with Crippen molar-refractivity contribution in [1.29, 1.82) is 0 Å². The van der Waals surface area contributed by atoms with Crippen molar-refractivity contribution in [2.24, 2.45) is 0 Å². The third kappa shape index (κ3) is 5.06. The highest BCUT2D eigenvalue weighted by Gasteiger charge is 2.19. The Bertz CT molecular complexity index is 710. The molecule has 2 aromatic rings. The van der Waals surface area contributed by atoms with Crippen molar-refractivity contribution in [2.45, 2.75) is 18.9 Å². The lowest BCUT2D eigenvalue weighted by molar-refractivity contribution is -0.136. The summed E-state index contributed by atoms with van der Waals surface area (Å²) in [4.78, 5) is 23.7. The van der Waals surface area contributed by atoms with Crippen molar-refractivity contribution in [3.63, 3.8) is 0 Å². The molecule has 6 nitrogen and oxygen atoms in total. The normalized spacial score (nSPS) is 16.2. The van der Waals surface area contributed by atoms with Crippen molar-refractivity contribution in [3.8, 4) is 11.5 Å². The molecular weight excluding hydrogens is 320 g/mol. The molecule has 1 atom stereocenters. The Labute approximate surface area is 146 Å². The van der Waals surface area contributed by atoms with Crippen LogP contribution < -0.4 is 15.4 Å². The fourth-order valence-electron chi connectivity index (χ4n) is 2.51. The van der Waals surface area contributed by atoms with E-state index in [4.69, 9.17) is 9.47 Å². The van der Waals surface area contributed by atoms with Gasteiger partial charge >= 0.3 is 11.8 Å². The zero-order valence-corrected chi connectivity index (χ0v) is 13.7. The molecule has 2 N–H and O–H groups in total. The highest BCUT2D eigenvalue weighted by Crippen LogP contribution is 2.22. The minimum Gasteiger partial charge on any atom is -0.457 e. The number of para-hydroxylation sites is 1. The predicted octanol–water partition coefficient (Wildman–Crippen LogP) is 2.71. The van der Waals surface area contributed by atoms with Crippen LogP contribution in [0.5, 0.6) is 11.5 Å². The number of nitrogens with one attached hydrogen (secondary N) is 2. The number of carbonyl (C=O) groups excluding carboxylic acids is 2. The van der Waals surface area contributed by atoms with Gasteiger partial charge in [0.25, 0.3) is 0 Å². The Kier molecular flexibility index (Phi) is 5.64. The van der Waals surface area contributed by atoms with E-state index >= 15 is 0 Å². The second-order valence-corrected chi connectivity index (χ2v) is 5.74. The Morgan fingerprint density at radius 2 is 1.72 bits per heavy atom. The molecule has 0 aromatic heterocycles. The molecule has 3 rings (SSSR count). The molecule has 1 aliphatic rings. The molecule has 1 aliphatic heterocycles. The summed E-state index contributed by atoms with van der Waals surface area (Å²) in [5.41, 5.74) is 0.526. The van der Waals surface area contributed by atoms with Crippen LogP contribution in [0.25, 0.3) is 0 Å². The maximum absolute atomic E-state index is 11.9. The van der Waals surface area contributed by atoms with Gasteiger partial charge in [0.1, 0.15) is 11.5 Å². The molecule has 0 aliphatic carbocycles. The second-order valence-electron chi connectivity index (χ2n) is 5.74. The Morgan fingerprint density at radius 1 is 1.00 bits per heavy atom. The Balaban J connectivity index is 1.48. The first-order valence-corrected chi connectivity index (χ1v) is 8.24. The van der Waals surface area contributed by atoms with E-state index in [9.17, 15) is 9.59 Å². The fraction of sp³-hybridized carbons (Fsp3) is 0.263. The molecule has 6 heteroatoms. The lowest BCUT2D eigenvalue weighted by Gasteiger charge is -2.11. The van der Waals surface area contributed by atoms with Crippen molar-refractivity contribution in [3.05, 3.63) is 54.6 Å². The van der Waals surface area contributed by atoms with Gasteiger partial charge in [-0.3, -0.25) is 9.59 Å². The molecule has 1 heterocycles. The van der Waals surface area contributed by atoms with Crippen LogP contribution in [-0.2, 0) is 14.3 Å². The van der Waals surface area contributed by atoms with Gasteiger partial charge in [-0.1, -0.05) is 18.2 Å². The lowest BCUT2D eigenvalue weighted by atomic mass is 10.2. The number of carbonyl (C=O) groups is 2. The number of anilines is 1. The summed E-state index contributed by atoms with van der Waals surface area (Å²) in [7, 11) is 0. The largest absolute Gasteiger partial charge is 0.457 e. The fourth-order valence-corrected chi connectivity index (χ4v) is 2.51. The van der Waals surface area contributed by atoms with E-state index in [0.29, 0.717) is 24.6 Å². The van der Waals surface area contributed by atoms with E-state index in [1.54, 1.807) is 24.3 Å². The van der Waals surface area contributed by atoms with Crippen LogP contribution in [0.4, 0.5) is 5.69 Å². The Hall–Kier alpha value is -2.86. The molecule has 0 unspecified atom stereocenters. The van der Waals surface area contributed by atoms with Gasteiger partial charge in [-0.15, -0.1) is 0 Å². The van der Waals surface area contributed by atoms with Crippen LogP contribution in [0.15, 0.2) is 54.6 Å². The van der Waals surface area contributed by atoms with Gasteiger partial charge in [-0.25, -0.2) is 0 Å². The first-order valence-electron chi connectivity index (χ1n) is 8.24. The SMILES string of the molecule is O=C(NC[C@H]1CCCO1)C(=O)Nc1ccc(Oc2ccccc2)cc1. The molecule has 0 saturated carbocycles. The van der Waals surface area contributed by atoms with Crippen LogP contribution in [0, 0.1) is 0 Å². The van der Waals surface area contributed by atoms with E-state index < -0.39 is 11.8 Å². The third-order valence-electron chi connectivity index (χ3n) is 3.81. The van der Waals surface area contributed by atoms with Gasteiger partial charge in [-0.2, -0.15) is 0 Å². The molecule has 0 radical (unpaired) electrons. The van der Waals surface area contributed by atoms with Crippen molar-refractivity contribution in [2.75, 3.05) is 18.5 Å². The molecule has 0 bridgehead atoms. The van der Waals surface area contributed by atoms with E-state index in [1.807, 2.05) is 30.3 Å². The average Bonchev–Trinajstić information content (AvgIpc) is 3.16. The summed E-state index contributed by atoms with van der Waals surface area (Å²) >= 11 is 0. The van der Waals surface area contributed by atoms with Crippen LogP contribution in [0.2, 0.25) is 0 Å². The van der Waals surface area contributed by atoms with Gasteiger partial charge in [0, 0.05) is 18.8 Å². The zero-order chi connectivity index (χ0) is 17.5. The van der Waals surface area contributed by atoms with E-state index in [2.05, 4.69) is 10.6 Å². The predicted molar refractivity (Wildman–Crippen MR) is 93.6 cm³/mol. The summed E-state index contributed by atoms with van der Waals surface area (Å²) in [5.74, 6) is 0.00895. The van der Waals surface area contributed by atoms with Crippen LogP contribution in [0.3, 0.4) is 0 Å². The number of hydrogen-bond acceptors (Lipinski definition) is 4. The van der Waals surface area contributed by atoms with Crippen molar-refractivity contribution in [1.82, 2.24) is 5.32 Å². The first kappa shape index (κ1) is 17.0. The smallest absolute Gasteiger partial charge is 0.313 e. The highest BCUT2D eigenvalue weighted by molar-refractivity contribution is 6.39. The monoisotopic (exact) mass is 340 g/mol. The highest BCUT2D eigenvalue weighted by atomic mass is 16.5. The number of hydrogen-bond donors (Lipinski definition) is 2. The quantitative estimate of drug-likeness (QED) is 0.821. The molecule has 25 heavy (non-hydrogen) atoms. The van der Waals surface area contributed by atoms with Crippen molar-refractivity contribution < 1.29 is 19.1 Å². The van der Waals surface area contributed by atoms with Gasteiger partial charge in [0.05, 0.1) is 6.10 Å². The van der Waals surface area contributed by atoms with Crippen molar-refractivity contribution >= 4 is 17.5 Å². The van der Waals surface area contributed by atoms with Gasteiger partial charge in [0.2, 0.25) is 0 Å². The Morgan fingerprint density at radius 3 is 2.40 bits per heavy atom. The summed E-state index contributed by atoms with van der Waals surface area (Å²) in [5, 5.41) is 5.15. The van der Waals surface area contributed by atoms with Crippen LogP contribution in [0.1, 0.15) is 12.8 Å². The minimum atomic E-state index is -0.699. The maximum Gasteiger partial charge on any atom is 0.313 e. The topological polar surface area (TPSA) is 76.7 Å². The van der Waals surface area contributed by atoms with E-state index in [1.165, 1.54) is 0 Å². The summed E-state index contributed by atoms with van der Waals surface area (Å²) < 4.78 is 11.1. The standard InChI is InChI=1S/C19H20N2O4/c22-18(20-13-17-7-4-12-24-17)19(23)21-14-8-10-16(11-9-14)25-15-5-2-1-3-6-15/h1-3,5-6,8-11,17H,4,7,12-13H2,(H,20,22)(H,21,23)/t17-/m1/s1. The number of benzene rings is 2. The van der Waals surface area contributed by atoms with Crippen LogP contribution >= 0.6 is 0 Å². The average molecular weight is 340 g/mol. The molecule has 130 valence electrons.